The molecule has 0 aromatic carbocycles. The summed E-state index contributed by atoms with van der Waals surface area (Å²) in [5.41, 5.74) is -0.547. The molecule has 2 N–H and O–H groups in total. The van der Waals surface area contributed by atoms with Crippen LogP contribution in [0.2, 0.25) is 0 Å². The summed E-state index contributed by atoms with van der Waals surface area (Å²) in [5, 5.41) is 8.37. The first-order valence-electron chi connectivity index (χ1n) is 4.48. The smallest absolute Gasteiger partial charge is 0.320 e. The summed E-state index contributed by atoms with van der Waals surface area (Å²) in [6.45, 7) is 5.46. The minimum absolute atomic E-state index is 0.547. The van der Waals surface area contributed by atoms with Gasteiger partial charge in [-0.2, -0.15) is 0 Å². The summed E-state index contributed by atoms with van der Waals surface area (Å²) in [4.78, 5) is 10.3. The molecule has 0 rings (SSSR count). The van der Waals surface area contributed by atoms with E-state index >= 15 is 0 Å². The molecule has 0 heterocycles. The van der Waals surface area contributed by atoms with Gasteiger partial charge < -0.3 is 5.11 Å². The first kappa shape index (κ1) is 13.4. The fourth-order valence-electron chi connectivity index (χ4n) is 0.968. The van der Waals surface area contributed by atoms with Crippen LogP contribution in [0.4, 0.5) is 0 Å². The predicted molar refractivity (Wildman–Crippen MR) is 53.5 cm³/mol. The van der Waals surface area contributed by atoms with E-state index in [9.17, 15) is 13.2 Å². The SMILES string of the molecule is CCC(C)(CC)NS(=O)(=O)CC(=O)O. The van der Waals surface area contributed by atoms with Crippen molar-refractivity contribution < 1.29 is 18.3 Å². The Hall–Kier alpha value is -0.620. The molecule has 14 heavy (non-hydrogen) atoms. The Morgan fingerprint density at radius 3 is 2.07 bits per heavy atom. The van der Waals surface area contributed by atoms with Crippen molar-refractivity contribution in [2.24, 2.45) is 0 Å². The third-order valence-corrected chi connectivity index (χ3v) is 3.71. The molecule has 0 amide bonds. The minimum atomic E-state index is -3.71. The molecule has 0 aliphatic rings. The number of carboxylic acids is 1. The molecule has 0 saturated heterocycles. The quantitative estimate of drug-likeness (QED) is 0.689. The Bertz CT molecular complexity index is 292. The number of aliphatic carboxylic acids is 1. The van der Waals surface area contributed by atoms with E-state index in [1.807, 2.05) is 13.8 Å². The maximum atomic E-state index is 11.3. The molecular formula is C8H17NO4S. The highest BCUT2D eigenvalue weighted by atomic mass is 32.2. The van der Waals surface area contributed by atoms with E-state index < -0.39 is 27.3 Å². The summed E-state index contributed by atoms with van der Waals surface area (Å²) in [5.74, 6) is -2.21. The van der Waals surface area contributed by atoms with Crippen molar-refractivity contribution in [1.82, 2.24) is 4.72 Å². The van der Waals surface area contributed by atoms with Gasteiger partial charge in [-0.3, -0.25) is 4.79 Å². The van der Waals surface area contributed by atoms with E-state index in [2.05, 4.69) is 4.72 Å². The van der Waals surface area contributed by atoms with E-state index in [0.29, 0.717) is 12.8 Å². The molecule has 84 valence electrons. The monoisotopic (exact) mass is 223 g/mol. The third-order valence-electron chi connectivity index (χ3n) is 2.28. The van der Waals surface area contributed by atoms with Gasteiger partial charge in [0, 0.05) is 5.54 Å². The second-order valence-electron chi connectivity index (χ2n) is 3.52. The fraction of sp³-hybridized carbons (Fsp3) is 0.875. The lowest BCUT2D eigenvalue weighted by atomic mass is 9.98. The summed E-state index contributed by atoms with van der Waals surface area (Å²) >= 11 is 0. The summed E-state index contributed by atoms with van der Waals surface area (Å²) in [6, 6.07) is 0. The molecule has 0 aromatic rings. The zero-order chi connectivity index (χ0) is 11.4. The van der Waals surface area contributed by atoms with Gasteiger partial charge in [0.1, 0.15) is 0 Å². The Kier molecular flexibility index (Phi) is 4.54. The van der Waals surface area contributed by atoms with Crippen LogP contribution in [0, 0.1) is 0 Å². The number of nitrogens with one attached hydrogen (secondary N) is 1. The van der Waals surface area contributed by atoms with E-state index in [1.165, 1.54) is 0 Å². The maximum Gasteiger partial charge on any atom is 0.320 e. The average molecular weight is 223 g/mol. The van der Waals surface area contributed by atoms with Crippen molar-refractivity contribution >= 4 is 16.0 Å². The van der Waals surface area contributed by atoms with Crippen molar-refractivity contribution in [2.45, 2.75) is 39.2 Å². The molecule has 0 radical (unpaired) electrons. The van der Waals surface area contributed by atoms with Crippen molar-refractivity contribution in [2.75, 3.05) is 5.75 Å². The highest BCUT2D eigenvalue weighted by Gasteiger charge is 2.27. The summed E-state index contributed by atoms with van der Waals surface area (Å²) in [7, 11) is -3.71. The summed E-state index contributed by atoms with van der Waals surface area (Å²) in [6.07, 6.45) is 1.25. The third kappa shape index (κ3) is 4.57. The predicted octanol–water partition coefficient (Wildman–Crippen LogP) is 0.569. The molecular weight excluding hydrogens is 206 g/mol. The maximum absolute atomic E-state index is 11.3. The van der Waals surface area contributed by atoms with Crippen LogP contribution in [-0.4, -0.2) is 30.8 Å². The van der Waals surface area contributed by atoms with Crippen molar-refractivity contribution in [1.29, 1.82) is 0 Å². The largest absolute Gasteiger partial charge is 0.480 e. The number of sulfonamides is 1. The van der Waals surface area contributed by atoms with Crippen molar-refractivity contribution in [3.63, 3.8) is 0 Å². The molecule has 0 unspecified atom stereocenters. The van der Waals surface area contributed by atoms with Crippen LogP contribution in [-0.2, 0) is 14.8 Å². The first-order chi connectivity index (χ1) is 6.24. The van der Waals surface area contributed by atoms with E-state index in [-0.39, 0.29) is 0 Å². The standard InChI is InChI=1S/C8H17NO4S/c1-4-8(3,5-2)9-14(12,13)6-7(10)11/h9H,4-6H2,1-3H3,(H,10,11). The van der Waals surface area contributed by atoms with E-state index in [1.54, 1.807) is 6.92 Å². The van der Waals surface area contributed by atoms with Crippen LogP contribution in [0.5, 0.6) is 0 Å². The fourth-order valence-corrected chi connectivity index (χ4v) is 2.41. The van der Waals surface area contributed by atoms with Gasteiger partial charge in [-0.05, 0) is 19.8 Å². The van der Waals surface area contributed by atoms with E-state index in [0.717, 1.165) is 0 Å². The number of hydrogen-bond acceptors (Lipinski definition) is 3. The van der Waals surface area contributed by atoms with Gasteiger partial charge in [0.05, 0.1) is 0 Å². The average Bonchev–Trinajstić information content (AvgIpc) is 2.01. The molecule has 0 aromatic heterocycles. The Labute approximate surface area is 84.6 Å². The number of rotatable bonds is 6. The number of hydrogen-bond donors (Lipinski definition) is 2. The number of carbonyl (C=O) groups is 1. The van der Waals surface area contributed by atoms with Crippen molar-refractivity contribution in [3.8, 4) is 0 Å². The van der Waals surface area contributed by atoms with Gasteiger partial charge in [-0.25, -0.2) is 13.1 Å². The Morgan fingerprint density at radius 2 is 1.79 bits per heavy atom. The molecule has 0 saturated carbocycles. The lowest BCUT2D eigenvalue weighted by Gasteiger charge is -2.27. The van der Waals surface area contributed by atoms with Crippen molar-refractivity contribution in [3.05, 3.63) is 0 Å². The lowest BCUT2D eigenvalue weighted by molar-refractivity contribution is -0.134. The van der Waals surface area contributed by atoms with Gasteiger partial charge in [0.15, 0.2) is 5.75 Å². The van der Waals surface area contributed by atoms with Crippen LogP contribution < -0.4 is 4.72 Å². The molecule has 5 nitrogen and oxygen atoms in total. The molecule has 0 bridgehead atoms. The van der Waals surface area contributed by atoms with Gasteiger partial charge in [0.25, 0.3) is 0 Å². The molecule has 0 atom stereocenters. The number of carboxylic acid groups (broad SMARTS) is 1. The van der Waals surface area contributed by atoms with E-state index in [4.69, 9.17) is 5.11 Å². The topological polar surface area (TPSA) is 83.5 Å². The molecule has 0 aliphatic carbocycles. The van der Waals surface area contributed by atoms with Crippen LogP contribution in [0.15, 0.2) is 0 Å². The van der Waals surface area contributed by atoms with Crippen LogP contribution in [0.25, 0.3) is 0 Å². The van der Waals surface area contributed by atoms with Gasteiger partial charge in [-0.1, -0.05) is 13.8 Å². The van der Waals surface area contributed by atoms with Gasteiger partial charge in [0.2, 0.25) is 10.0 Å². The lowest BCUT2D eigenvalue weighted by Crippen LogP contribution is -2.46. The van der Waals surface area contributed by atoms with Gasteiger partial charge in [-0.15, -0.1) is 0 Å². The second-order valence-corrected chi connectivity index (χ2v) is 5.24. The normalized spacial score (nSPS) is 12.8. The molecule has 0 spiro atoms. The zero-order valence-electron chi connectivity index (χ0n) is 8.70. The highest BCUT2D eigenvalue weighted by molar-refractivity contribution is 7.90. The molecule has 6 heteroatoms. The summed E-state index contributed by atoms with van der Waals surface area (Å²) < 4.78 is 25.0. The van der Waals surface area contributed by atoms with Gasteiger partial charge >= 0.3 is 5.97 Å². The zero-order valence-corrected chi connectivity index (χ0v) is 9.52. The van der Waals surface area contributed by atoms with Crippen LogP contribution in [0.1, 0.15) is 33.6 Å². The minimum Gasteiger partial charge on any atom is -0.480 e. The molecule has 0 aliphatic heterocycles. The Balaban J connectivity index is 4.57. The second kappa shape index (κ2) is 4.75. The molecule has 0 fully saturated rings. The Morgan fingerprint density at radius 1 is 1.36 bits per heavy atom. The van der Waals surface area contributed by atoms with Crippen LogP contribution >= 0.6 is 0 Å². The first-order valence-corrected chi connectivity index (χ1v) is 6.13. The van der Waals surface area contributed by atoms with Crippen LogP contribution in [0.3, 0.4) is 0 Å². The highest BCUT2D eigenvalue weighted by Crippen LogP contribution is 2.14.